The lowest BCUT2D eigenvalue weighted by Crippen LogP contribution is -2.23. The lowest BCUT2D eigenvalue weighted by Gasteiger charge is -2.11. The van der Waals surface area contributed by atoms with Gasteiger partial charge in [0.2, 0.25) is 0 Å². The van der Waals surface area contributed by atoms with Crippen molar-refractivity contribution in [1.29, 1.82) is 5.26 Å². The fraction of sp³-hybridized carbons (Fsp3) is 0.250. The fourth-order valence-corrected chi connectivity index (χ4v) is 1.71. The number of rotatable bonds is 1. The standard InChI is InChI=1S/C12H12N2/c1-14-9-11(7-12(14)8-13)10-5-3-2-4-6-10/h2-7,12H,9H2,1H3. The monoisotopic (exact) mass is 184 g/mol. The molecule has 0 aliphatic carbocycles. The zero-order chi connectivity index (χ0) is 9.97. The highest BCUT2D eigenvalue weighted by atomic mass is 15.1. The SMILES string of the molecule is CN1CC(c2ccccc2)=CC1C#N. The number of hydrogen-bond acceptors (Lipinski definition) is 2. The van der Waals surface area contributed by atoms with Gasteiger partial charge in [-0.3, -0.25) is 4.90 Å². The van der Waals surface area contributed by atoms with Crippen molar-refractivity contribution in [3.63, 3.8) is 0 Å². The van der Waals surface area contributed by atoms with Crippen LogP contribution in [-0.2, 0) is 0 Å². The van der Waals surface area contributed by atoms with Crippen molar-refractivity contribution in [2.24, 2.45) is 0 Å². The summed E-state index contributed by atoms with van der Waals surface area (Å²) in [5.74, 6) is 0. The van der Waals surface area contributed by atoms with E-state index in [1.165, 1.54) is 11.1 Å². The molecule has 1 aliphatic rings. The average molecular weight is 184 g/mol. The van der Waals surface area contributed by atoms with Crippen LogP contribution in [-0.4, -0.2) is 24.5 Å². The first-order chi connectivity index (χ1) is 6.81. The molecule has 0 spiro atoms. The van der Waals surface area contributed by atoms with Gasteiger partial charge in [-0.05, 0) is 24.3 Å². The Labute approximate surface area is 84.1 Å². The second-order valence-electron chi connectivity index (χ2n) is 3.55. The van der Waals surface area contributed by atoms with Gasteiger partial charge in [-0.25, -0.2) is 0 Å². The first kappa shape index (κ1) is 8.98. The van der Waals surface area contributed by atoms with E-state index >= 15 is 0 Å². The Bertz CT molecular complexity index is 387. The minimum absolute atomic E-state index is 0.0646. The normalized spacial score (nSPS) is 21.7. The third-order valence-corrected chi connectivity index (χ3v) is 2.53. The molecule has 0 saturated carbocycles. The maximum Gasteiger partial charge on any atom is 0.117 e. The van der Waals surface area contributed by atoms with Crippen LogP contribution in [0.4, 0.5) is 0 Å². The van der Waals surface area contributed by atoms with Crippen molar-refractivity contribution < 1.29 is 0 Å². The molecule has 14 heavy (non-hydrogen) atoms. The molecule has 0 radical (unpaired) electrons. The van der Waals surface area contributed by atoms with Crippen LogP contribution in [0.2, 0.25) is 0 Å². The predicted octanol–water partition coefficient (Wildman–Crippen LogP) is 1.91. The summed E-state index contributed by atoms with van der Waals surface area (Å²) >= 11 is 0. The second kappa shape index (κ2) is 3.65. The van der Waals surface area contributed by atoms with Crippen LogP contribution < -0.4 is 0 Å². The molecule has 1 atom stereocenters. The molecule has 1 aromatic rings. The number of benzene rings is 1. The predicted molar refractivity (Wildman–Crippen MR) is 56.5 cm³/mol. The summed E-state index contributed by atoms with van der Waals surface area (Å²) in [6, 6.07) is 12.4. The third-order valence-electron chi connectivity index (χ3n) is 2.53. The number of nitriles is 1. The first-order valence-electron chi connectivity index (χ1n) is 4.67. The molecule has 0 fully saturated rings. The van der Waals surface area contributed by atoms with E-state index in [9.17, 15) is 0 Å². The Morgan fingerprint density at radius 3 is 2.64 bits per heavy atom. The minimum atomic E-state index is -0.0646. The van der Waals surface area contributed by atoms with Gasteiger partial charge in [0.25, 0.3) is 0 Å². The van der Waals surface area contributed by atoms with Crippen molar-refractivity contribution in [3.8, 4) is 6.07 Å². The highest BCUT2D eigenvalue weighted by molar-refractivity contribution is 5.70. The maximum absolute atomic E-state index is 8.86. The molecule has 1 aliphatic heterocycles. The quantitative estimate of drug-likeness (QED) is 0.666. The summed E-state index contributed by atoms with van der Waals surface area (Å²) in [5.41, 5.74) is 2.47. The molecule has 0 bridgehead atoms. The third kappa shape index (κ3) is 1.55. The molecule has 0 N–H and O–H groups in total. The van der Waals surface area contributed by atoms with Crippen molar-refractivity contribution in [3.05, 3.63) is 42.0 Å². The van der Waals surface area contributed by atoms with Crippen molar-refractivity contribution in [2.75, 3.05) is 13.6 Å². The summed E-state index contributed by atoms with van der Waals surface area (Å²) < 4.78 is 0. The van der Waals surface area contributed by atoms with Crippen molar-refractivity contribution >= 4 is 5.57 Å². The molecular weight excluding hydrogens is 172 g/mol. The Morgan fingerprint density at radius 2 is 2.07 bits per heavy atom. The minimum Gasteiger partial charge on any atom is -0.284 e. The van der Waals surface area contributed by atoms with E-state index < -0.39 is 0 Å². The number of hydrogen-bond donors (Lipinski definition) is 0. The van der Waals surface area contributed by atoms with Crippen LogP contribution in [0.15, 0.2) is 36.4 Å². The number of likely N-dealkylation sites (N-methyl/N-ethyl adjacent to an activating group) is 1. The van der Waals surface area contributed by atoms with Gasteiger partial charge in [0.1, 0.15) is 6.04 Å². The fourth-order valence-electron chi connectivity index (χ4n) is 1.71. The molecule has 70 valence electrons. The summed E-state index contributed by atoms with van der Waals surface area (Å²) in [6.45, 7) is 0.863. The van der Waals surface area contributed by atoms with Crippen LogP contribution in [0.3, 0.4) is 0 Å². The zero-order valence-electron chi connectivity index (χ0n) is 8.14. The smallest absolute Gasteiger partial charge is 0.117 e. The summed E-state index contributed by atoms with van der Waals surface area (Å²) in [5, 5.41) is 8.86. The average Bonchev–Trinajstić information content (AvgIpc) is 2.61. The first-order valence-corrected chi connectivity index (χ1v) is 4.67. The van der Waals surface area contributed by atoms with Crippen LogP contribution >= 0.6 is 0 Å². The molecule has 2 rings (SSSR count). The van der Waals surface area contributed by atoms with E-state index in [0.29, 0.717) is 0 Å². The van der Waals surface area contributed by atoms with Crippen molar-refractivity contribution in [2.45, 2.75) is 6.04 Å². The van der Waals surface area contributed by atoms with E-state index in [0.717, 1.165) is 6.54 Å². The molecule has 0 saturated heterocycles. The zero-order valence-corrected chi connectivity index (χ0v) is 8.14. The largest absolute Gasteiger partial charge is 0.284 e. The molecule has 1 heterocycles. The van der Waals surface area contributed by atoms with Gasteiger partial charge in [-0.1, -0.05) is 30.3 Å². The van der Waals surface area contributed by atoms with Crippen molar-refractivity contribution in [1.82, 2.24) is 4.90 Å². The summed E-state index contributed by atoms with van der Waals surface area (Å²) in [4.78, 5) is 2.04. The Kier molecular flexibility index (Phi) is 2.34. The van der Waals surface area contributed by atoms with E-state index in [-0.39, 0.29) is 6.04 Å². The highest BCUT2D eigenvalue weighted by Crippen LogP contribution is 2.23. The lowest BCUT2D eigenvalue weighted by atomic mass is 10.1. The van der Waals surface area contributed by atoms with Crippen LogP contribution in [0.1, 0.15) is 5.56 Å². The highest BCUT2D eigenvalue weighted by Gasteiger charge is 2.21. The summed E-state index contributed by atoms with van der Waals surface area (Å²) in [6.07, 6.45) is 2.04. The van der Waals surface area contributed by atoms with E-state index in [2.05, 4.69) is 18.2 Å². The van der Waals surface area contributed by atoms with Crippen LogP contribution in [0, 0.1) is 11.3 Å². The van der Waals surface area contributed by atoms with E-state index in [1.807, 2.05) is 36.2 Å². The lowest BCUT2D eigenvalue weighted by molar-refractivity contribution is 0.385. The van der Waals surface area contributed by atoms with Gasteiger partial charge in [0.05, 0.1) is 6.07 Å². The molecule has 2 heteroatoms. The molecule has 1 aromatic carbocycles. The Morgan fingerprint density at radius 1 is 1.36 bits per heavy atom. The molecule has 0 amide bonds. The van der Waals surface area contributed by atoms with Crippen LogP contribution in [0.5, 0.6) is 0 Å². The summed E-state index contributed by atoms with van der Waals surface area (Å²) in [7, 11) is 1.97. The van der Waals surface area contributed by atoms with Gasteiger partial charge < -0.3 is 0 Å². The Balaban J connectivity index is 2.27. The van der Waals surface area contributed by atoms with E-state index in [1.54, 1.807) is 0 Å². The van der Waals surface area contributed by atoms with Gasteiger partial charge in [-0.2, -0.15) is 5.26 Å². The van der Waals surface area contributed by atoms with Gasteiger partial charge >= 0.3 is 0 Å². The van der Waals surface area contributed by atoms with Crippen LogP contribution in [0.25, 0.3) is 5.57 Å². The molecular formula is C12H12N2. The second-order valence-corrected chi connectivity index (χ2v) is 3.55. The molecule has 0 aromatic heterocycles. The van der Waals surface area contributed by atoms with Gasteiger partial charge in [0, 0.05) is 6.54 Å². The van der Waals surface area contributed by atoms with Gasteiger partial charge in [-0.15, -0.1) is 0 Å². The maximum atomic E-state index is 8.86. The molecule has 2 nitrogen and oxygen atoms in total. The number of nitrogens with zero attached hydrogens (tertiary/aromatic N) is 2. The molecule has 1 unspecified atom stereocenters. The van der Waals surface area contributed by atoms with Gasteiger partial charge in [0.15, 0.2) is 0 Å². The Hall–Kier alpha value is -1.59. The van der Waals surface area contributed by atoms with E-state index in [4.69, 9.17) is 5.26 Å². The topological polar surface area (TPSA) is 27.0 Å².